The van der Waals surface area contributed by atoms with Crippen LogP contribution in [0.4, 0.5) is 4.39 Å². The molecule has 1 aromatic carbocycles. The third-order valence-electron chi connectivity index (χ3n) is 2.42. The number of ether oxygens (including phenoxy) is 1. The lowest BCUT2D eigenvalue weighted by Gasteiger charge is -2.14. The molecule has 0 bridgehead atoms. The zero-order valence-corrected chi connectivity index (χ0v) is 14.0. The molecule has 0 fully saturated rings. The molecule has 18 heavy (non-hydrogen) atoms. The van der Waals surface area contributed by atoms with Gasteiger partial charge in [0, 0.05) is 21.0 Å². The summed E-state index contributed by atoms with van der Waals surface area (Å²) in [5.41, 5.74) is 0.732. The van der Waals surface area contributed by atoms with Crippen molar-refractivity contribution in [2.45, 2.75) is 5.38 Å². The van der Waals surface area contributed by atoms with Crippen LogP contribution >= 0.6 is 54.8 Å². The first-order valence-corrected chi connectivity index (χ1v) is 7.84. The minimum Gasteiger partial charge on any atom is -0.496 e. The molecular weight excluding hydrogens is 406 g/mol. The quantitative estimate of drug-likeness (QED) is 0.581. The Morgan fingerprint density at radius 2 is 2.06 bits per heavy atom. The number of halogens is 4. The Morgan fingerprint density at radius 1 is 1.33 bits per heavy atom. The molecule has 1 aromatic heterocycles. The fourth-order valence-electron chi connectivity index (χ4n) is 1.55. The molecule has 0 spiro atoms. The molecule has 1 nitrogen and oxygen atoms in total. The number of benzene rings is 1. The molecule has 1 heterocycles. The average Bonchev–Trinajstić information content (AvgIpc) is 2.77. The molecule has 0 amide bonds. The van der Waals surface area contributed by atoms with Crippen LogP contribution in [0.3, 0.4) is 0 Å². The van der Waals surface area contributed by atoms with E-state index in [1.807, 2.05) is 11.4 Å². The molecular formula is C12H8Br2ClFOS. The standard InChI is InChI=1S/C12H8Br2ClFOS/c1-17-10-5-9(16)8(14)4-6(10)11(15)12-7(13)2-3-18-12/h2-5,11H,1H3. The predicted octanol–water partition coefficient (Wildman–Crippen LogP) is 5.75. The lowest BCUT2D eigenvalue weighted by atomic mass is 10.1. The van der Waals surface area contributed by atoms with Crippen LogP contribution in [0.1, 0.15) is 15.8 Å². The van der Waals surface area contributed by atoms with Crippen LogP contribution < -0.4 is 4.74 Å². The summed E-state index contributed by atoms with van der Waals surface area (Å²) in [6.07, 6.45) is 0. The maximum absolute atomic E-state index is 13.5. The largest absolute Gasteiger partial charge is 0.496 e. The number of hydrogen-bond donors (Lipinski definition) is 0. The van der Waals surface area contributed by atoms with Gasteiger partial charge in [0.05, 0.1) is 17.0 Å². The zero-order valence-electron chi connectivity index (χ0n) is 9.22. The van der Waals surface area contributed by atoms with Crippen LogP contribution in [0.15, 0.2) is 32.5 Å². The van der Waals surface area contributed by atoms with Crippen LogP contribution in [0.25, 0.3) is 0 Å². The SMILES string of the molecule is COc1cc(F)c(Br)cc1C(Cl)c1sccc1Br. The number of rotatable bonds is 3. The lowest BCUT2D eigenvalue weighted by Crippen LogP contribution is -1.98. The first kappa shape index (κ1) is 14.3. The first-order chi connectivity index (χ1) is 8.54. The van der Waals surface area contributed by atoms with Crippen molar-refractivity contribution in [3.63, 3.8) is 0 Å². The summed E-state index contributed by atoms with van der Waals surface area (Å²) in [6.45, 7) is 0. The molecule has 0 radical (unpaired) electrons. The summed E-state index contributed by atoms with van der Waals surface area (Å²) in [7, 11) is 1.50. The van der Waals surface area contributed by atoms with E-state index in [0.29, 0.717) is 10.2 Å². The maximum Gasteiger partial charge on any atom is 0.141 e. The van der Waals surface area contributed by atoms with Crippen LogP contribution in [-0.4, -0.2) is 7.11 Å². The number of alkyl halides is 1. The molecule has 1 atom stereocenters. The highest BCUT2D eigenvalue weighted by Crippen LogP contribution is 2.42. The summed E-state index contributed by atoms with van der Waals surface area (Å²) in [6, 6.07) is 4.91. The van der Waals surface area contributed by atoms with Gasteiger partial charge in [-0.05, 0) is 49.4 Å². The van der Waals surface area contributed by atoms with E-state index in [2.05, 4.69) is 31.9 Å². The van der Waals surface area contributed by atoms with Gasteiger partial charge < -0.3 is 4.74 Å². The van der Waals surface area contributed by atoms with Gasteiger partial charge in [0.15, 0.2) is 0 Å². The van der Waals surface area contributed by atoms with Crippen molar-refractivity contribution in [2.75, 3.05) is 7.11 Å². The molecule has 2 rings (SSSR count). The molecule has 0 aliphatic rings. The lowest BCUT2D eigenvalue weighted by molar-refractivity contribution is 0.406. The summed E-state index contributed by atoms with van der Waals surface area (Å²) in [5, 5.41) is 1.56. The molecule has 96 valence electrons. The van der Waals surface area contributed by atoms with E-state index < -0.39 is 0 Å². The van der Waals surface area contributed by atoms with Gasteiger partial charge in [-0.3, -0.25) is 0 Å². The predicted molar refractivity (Wildman–Crippen MR) is 80.4 cm³/mol. The fourth-order valence-corrected chi connectivity index (χ4v) is 4.08. The summed E-state index contributed by atoms with van der Waals surface area (Å²) in [4.78, 5) is 0.966. The number of thiophene rings is 1. The van der Waals surface area contributed by atoms with Gasteiger partial charge in [-0.1, -0.05) is 0 Å². The van der Waals surface area contributed by atoms with E-state index in [0.717, 1.165) is 14.9 Å². The highest BCUT2D eigenvalue weighted by atomic mass is 79.9. The van der Waals surface area contributed by atoms with E-state index in [1.165, 1.54) is 24.5 Å². The summed E-state index contributed by atoms with van der Waals surface area (Å²) < 4.78 is 20.0. The van der Waals surface area contributed by atoms with Crippen molar-refractivity contribution >= 4 is 54.8 Å². The van der Waals surface area contributed by atoms with Crippen LogP contribution in [-0.2, 0) is 0 Å². The Kier molecular flexibility index (Phi) is 4.69. The number of hydrogen-bond acceptors (Lipinski definition) is 2. The van der Waals surface area contributed by atoms with Crippen LogP contribution in [0.5, 0.6) is 5.75 Å². The Bertz CT molecular complexity index is 573. The second-order valence-electron chi connectivity index (χ2n) is 3.50. The van der Waals surface area contributed by atoms with E-state index in [1.54, 1.807) is 6.07 Å². The molecule has 0 aliphatic heterocycles. The van der Waals surface area contributed by atoms with Gasteiger partial charge in [-0.2, -0.15) is 0 Å². The Hall–Kier alpha value is -0.100. The second-order valence-corrected chi connectivity index (χ2v) is 6.60. The van der Waals surface area contributed by atoms with Crippen LogP contribution in [0.2, 0.25) is 0 Å². The van der Waals surface area contributed by atoms with Crippen molar-refractivity contribution in [1.82, 2.24) is 0 Å². The minimum atomic E-state index is -0.383. The summed E-state index contributed by atoms with van der Waals surface area (Å²) >= 11 is 14.6. The second kappa shape index (κ2) is 5.90. The monoisotopic (exact) mass is 412 g/mol. The van der Waals surface area contributed by atoms with Crippen molar-refractivity contribution in [2.24, 2.45) is 0 Å². The van der Waals surface area contributed by atoms with Crippen molar-refractivity contribution in [1.29, 1.82) is 0 Å². The fraction of sp³-hybridized carbons (Fsp3) is 0.167. The molecule has 2 aromatic rings. The third kappa shape index (κ3) is 2.74. The Balaban J connectivity index is 2.50. The van der Waals surface area contributed by atoms with Gasteiger partial charge >= 0.3 is 0 Å². The molecule has 0 saturated heterocycles. The topological polar surface area (TPSA) is 9.23 Å². The van der Waals surface area contributed by atoms with Gasteiger partial charge in [-0.15, -0.1) is 22.9 Å². The molecule has 6 heteroatoms. The molecule has 0 saturated carbocycles. The highest BCUT2D eigenvalue weighted by Gasteiger charge is 2.21. The van der Waals surface area contributed by atoms with E-state index in [-0.39, 0.29) is 11.2 Å². The van der Waals surface area contributed by atoms with Gasteiger partial charge in [0.1, 0.15) is 11.6 Å². The Morgan fingerprint density at radius 3 is 2.61 bits per heavy atom. The molecule has 1 unspecified atom stereocenters. The summed E-state index contributed by atoms with van der Waals surface area (Å²) in [5.74, 6) is 0.0701. The van der Waals surface area contributed by atoms with Crippen molar-refractivity contribution < 1.29 is 9.13 Å². The third-order valence-corrected chi connectivity index (χ3v) is 5.55. The average molecular weight is 415 g/mol. The van der Waals surface area contributed by atoms with Gasteiger partial charge in [0.25, 0.3) is 0 Å². The normalized spacial score (nSPS) is 12.5. The van der Waals surface area contributed by atoms with E-state index in [4.69, 9.17) is 16.3 Å². The van der Waals surface area contributed by atoms with E-state index in [9.17, 15) is 4.39 Å². The Labute approximate surface area is 130 Å². The smallest absolute Gasteiger partial charge is 0.141 e. The molecule has 0 aliphatic carbocycles. The molecule has 0 N–H and O–H groups in total. The zero-order chi connectivity index (χ0) is 13.3. The highest BCUT2D eigenvalue weighted by molar-refractivity contribution is 9.10. The van der Waals surface area contributed by atoms with Crippen molar-refractivity contribution in [3.05, 3.63) is 48.8 Å². The first-order valence-electron chi connectivity index (χ1n) is 4.94. The van der Waals surface area contributed by atoms with Crippen molar-refractivity contribution in [3.8, 4) is 5.75 Å². The minimum absolute atomic E-state index is 0.371. The van der Waals surface area contributed by atoms with E-state index >= 15 is 0 Å². The maximum atomic E-state index is 13.5. The van der Waals surface area contributed by atoms with Gasteiger partial charge in [-0.25, -0.2) is 4.39 Å². The van der Waals surface area contributed by atoms with Crippen LogP contribution in [0, 0.1) is 5.82 Å². The number of methoxy groups -OCH3 is 1. The van der Waals surface area contributed by atoms with Gasteiger partial charge in [0.2, 0.25) is 0 Å².